The molecule has 0 atom stereocenters. The molecule has 0 spiro atoms. The fourth-order valence-corrected chi connectivity index (χ4v) is 1.19. The second-order valence-corrected chi connectivity index (χ2v) is 3.35. The number of rotatable bonds is 3. The molecule has 0 bridgehead atoms. The van der Waals surface area contributed by atoms with E-state index in [4.69, 9.17) is 0 Å². The van der Waals surface area contributed by atoms with Crippen LogP contribution in [0.3, 0.4) is 0 Å². The van der Waals surface area contributed by atoms with Gasteiger partial charge in [0.1, 0.15) is 12.7 Å². The van der Waals surface area contributed by atoms with Gasteiger partial charge in [0.15, 0.2) is 0 Å². The number of nitrogens with zero attached hydrogens (tertiary/aromatic N) is 4. The third-order valence-electron chi connectivity index (χ3n) is 2.03. The molecule has 0 aliphatic carbocycles. The first-order chi connectivity index (χ1) is 8.75. The fourth-order valence-electron chi connectivity index (χ4n) is 1.19. The van der Waals surface area contributed by atoms with Crippen molar-refractivity contribution in [2.45, 2.75) is 6.54 Å². The van der Waals surface area contributed by atoms with Crippen molar-refractivity contribution in [3.05, 3.63) is 42.7 Å². The first-order valence-electron chi connectivity index (χ1n) is 5.08. The molecule has 2 heterocycles. The van der Waals surface area contributed by atoms with E-state index in [9.17, 15) is 9.59 Å². The molecule has 0 radical (unpaired) electrons. The van der Waals surface area contributed by atoms with Crippen molar-refractivity contribution >= 4 is 11.8 Å². The average molecular weight is 246 g/mol. The zero-order valence-corrected chi connectivity index (χ0v) is 9.28. The van der Waals surface area contributed by atoms with Crippen LogP contribution >= 0.6 is 0 Å². The zero-order valence-electron chi connectivity index (χ0n) is 9.28. The van der Waals surface area contributed by atoms with Gasteiger partial charge in [-0.05, 0) is 11.6 Å². The van der Waals surface area contributed by atoms with Gasteiger partial charge in [-0.2, -0.15) is 0 Å². The Bertz CT molecular complexity index is 525. The highest BCUT2D eigenvalue weighted by atomic mass is 16.2. The minimum absolute atomic E-state index is 0.238. The molecule has 0 saturated carbocycles. The van der Waals surface area contributed by atoms with E-state index in [1.807, 2.05) is 0 Å². The van der Waals surface area contributed by atoms with Crippen LogP contribution in [0.5, 0.6) is 0 Å². The number of hydrogen-bond donors (Lipinski definition) is 2. The lowest BCUT2D eigenvalue weighted by molar-refractivity contribution is -0.136. The van der Waals surface area contributed by atoms with Crippen molar-refractivity contribution in [2.75, 3.05) is 5.43 Å². The summed E-state index contributed by atoms with van der Waals surface area (Å²) in [6, 6.07) is 3.55. The van der Waals surface area contributed by atoms with Gasteiger partial charge in [-0.1, -0.05) is 6.07 Å². The van der Waals surface area contributed by atoms with Crippen LogP contribution in [0.4, 0.5) is 0 Å². The maximum Gasteiger partial charge on any atom is 0.328 e. The molecule has 92 valence electrons. The highest BCUT2D eigenvalue weighted by molar-refractivity contribution is 6.38. The first-order valence-corrected chi connectivity index (χ1v) is 5.08. The molecule has 8 heteroatoms. The van der Waals surface area contributed by atoms with E-state index in [0.717, 1.165) is 5.56 Å². The zero-order chi connectivity index (χ0) is 12.8. The van der Waals surface area contributed by atoms with Crippen molar-refractivity contribution in [3.63, 3.8) is 0 Å². The maximum atomic E-state index is 11.4. The summed E-state index contributed by atoms with van der Waals surface area (Å²) in [6.07, 6.45) is 5.78. The molecule has 18 heavy (non-hydrogen) atoms. The Morgan fingerprint density at radius 1 is 1.22 bits per heavy atom. The number of aromatic nitrogens is 4. The van der Waals surface area contributed by atoms with Gasteiger partial charge in [0, 0.05) is 18.9 Å². The van der Waals surface area contributed by atoms with Gasteiger partial charge >= 0.3 is 11.8 Å². The second kappa shape index (κ2) is 5.53. The van der Waals surface area contributed by atoms with Crippen LogP contribution in [0.15, 0.2) is 37.2 Å². The molecule has 2 aromatic heterocycles. The predicted octanol–water partition coefficient (Wildman–Crippen LogP) is -0.940. The number of pyridine rings is 1. The Hall–Kier alpha value is -2.77. The lowest BCUT2D eigenvalue weighted by Crippen LogP contribution is -2.38. The second-order valence-electron chi connectivity index (χ2n) is 3.35. The summed E-state index contributed by atoms with van der Waals surface area (Å²) in [5, 5.41) is 9.44. The quantitative estimate of drug-likeness (QED) is 0.680. The van der Waals surface area contributed by atoms with Gasteiger partial charge < -0.3 is 5.32 Å². The Morgan fingerprint density at radius 2 is 2.00 bits per heavy atom. The third-order valence-corrected chi connectivity index (χ3v) is 2.03. The predicted molar refractivity (Wildman–Crippen MR) is 60.5 cm³/mol. The number of nitrogens with one attached hydrogen (secondary N) is 2. The Kier molecular flexibility index (Phi) is 3.59. The Balaban J connectivity index is 1.83. The summed E-state index contributed by atoms with van der Waals surface area (Å²) < 4.78 is 1.19. The molecule has 2 N–H and O–H groups in total. The van der Waals surface area contributed by atoms with Gasteiger partial charge in [-0.3, -0.25) is 20.0 Å². The van der Waals surface area contributed by atoms with E-state index in [-0.39, 0.29) is 6.54 Å². The first kappa shape index (κ1) is 11.7. The van der Waals surface area contributed by atoms with Gasteiger partial charge in [0.05, 0.1) is 0 Å². The number of carbonyl (C=O) groups excluding carboxylic acids is 2. The van der Waals surface area contributed by atoms with Crippen LogP contribution in [-0.2, 0) is 16.1 Å². The van der Waals surface area contributed by atoms with E-state index < -0.39 is 11.8 Å². The number of hydrogen-bond acceptors (Lipinski definition) is 5. The molecule has 2 rings (SSSR count). The summed E-state index contributed by atoms with van der Waals surface area (Å²) in [4.78, 5) is 26.8. The van der Waals surface area contributed by atoms with Crippen molar-refractivity contribution in [3.8, 4) is 0 Å². The molecule has 2 aromatic rings. The summed E-state index contributed by atoms with van der Waals surface area (Å²) in [7, 11) is 0. The van der Waals surface area contributed by atoms with E-state index >= 15 is 0 Å². The maximum absolute atomic E-state index is 11.4. The molecular weight excluding hydrogens is 236 g/mol. The van der Waals surface area contributed by atoms with Gasteiger partial charge in [-0.25, -0.2) is 4.68 Å². The molecule has 0 fully saturated rings. The molecule has 0 aromatic carbocycles. The Labute approximate surface area is 102 Å². The Morgan fingerprint density at radius 3 is 2.67 bits per heavy atom. The molecule has 0 aliphatic heterocycles. The van der Waals surface area contributed by atoms with Crippen LogP contribution in [0.2, 0.25) is 0 Å². The van der Waals surface area contributed by atoms with Crippen LogP contribution in [0.25, 0.3) is 0 Å². The summed E-state index contributed by atoms with van der Waals surface area (Å²) >= 11 is 0. The SMILES string of the molecule is O=C(NCc1cccnc1)C(=O)Nn1cnnc1. The minimum Gasteiger partial charge on any atom is -0.344 e. The van der Waals surface area contributed by atoms with Crippen LogP contribution in [0, 0.1) is 0 Å². The summed E-state index contributed by atoms with van der Waals surface area (Å²) in [6.45, 7) is 0.238. The third kappa shape index (κ3) is 3.11. The molecule has 0 aliphatic rings. The highest BCUT2D eigenvalue weighted by Crippen LogP contribution is 1.93. The highest BCUT2D eigenvalue weighted by Gasteiger charge is 2.13. The lowest BCUT2D eigenvalue weighted by Gasteiger charge is -2.05. The van der Waals surface area contributed by atoms with Gasteiger partial charge in [0.2, 0.25) is 0 Å². The van der Waals surface area contributed by atoms with E-state index in [1.165, 1.54) is 17.3 Å². The molecule has 2 amide bonds. The van der Waals surface area contributed by atoms with Crippen molar-refractivity contribution < 1.29 is 9.59 Å². The average Bonchev–Trinajstić information content (AvgIpc) is 2.90. The van der Waals surface area contributed by atoms with E-state index in [2.05, 4.69) is 25.9 Å². The smallest absolute Gasteiger partial charge is 0.328 e. The monoisotopic (exact) mass is 246 g/mol. The van der Waals surface area contributed by atoms with E-state index in [0.29, 0.717) is 0 Å². The standard InChI is InChI=1S/C10H10N6O2/c17-9(10(18)15-16-6-13-14-7-16)12-5-8-2-1-3-11-4-8/h1-4,6-7H,5H2,(H,12,17)(H,15,18). The van der Waals surface area contributed by atoms with E-state index in [1.54, 1.807) is 24.5 Å². The fraction of sp³-hybridized carbons (Fsp3) is 0.100. The minimum atomic E-state index is -0.793. The summed E-state index contributed by atoms with van der Waals surface area (Å²) in [5.74, 6) is -1.54. The molecule has 8 nitrogen and oxygen atoms in total. The number of carbonyl (C=O) groups is 2. The van der Waals surface area contributed by atoms with Crippen molar-refractivity contribution in [1.82, 2.24) is 25.2 Å². The summed E-state index contributed by atoms with van der Waals surface area (Å²) in [5.41, 5.74) is 3.09. The topological polar surface area (TPSA) is 102 Å². The normalized spacial score (nSPS) is 9.78. The van der Waals surface area contributed by atoms with Gasteiger partial charge in [0.25, 0.3) is 0 Å². The van der Waals surface area contributed by atoms with Gasteiger partial charge in [-0.15, -0.1) is 10.2 Å². The van der Waals surface area contributed by atoms with Crippen LogP contribution in [0.1, 0.15) is 5.56 Å². The molecule has 0 saturated heterocycles. The molecular formula is C10H10N6O2. The van der Waals surface area contributed by atoms with Crippen LogP contribution < -0.4 is 10.7 Å². The molecule has 0 unspecified atom stereocenters. The van der Waals surface area contributed by atoms with Crippen molar-refractivity contribution in [1.29, 1.82) is 0 Å². The van der Waals surface area contributed by atoms with Crippen molar-refractivity contribution in [2.24, 2.45) is 0 Å². The van der Waals surface area contributed by atoms with Crippen LogP contribution in [-0.4, -0.2) is 31.7 Å². The number of amides is 2. The largest absolute Gasteiger partial charge is 0.344 e. The lowest BCUT2D eigenvalue weighted by atomic mass is 10.3.